The number of hydrogen-bond donors (Lipinski definition) is 2. The van der Waals surface area contributed by atoms with Crippen LogP contribution in [-0.4, -0.2) is 23.2 Å². The maximum Gasteiger partial charge on any atom is 0.220 e. The number of aliphatic hydroxyl groups is 1. The van der Waals surface area contributed by atoms with Crippen LogP contribution in [0.15, 0.2) is 24.3 Å². The molecule has 20 heavy (non-hydrogen) atoms. The Morgan fingerprint density at radius 1 is 1.40 bits per heavy atom. The van der Waals surface area contributed by atoms with E-state index in [1.165, 1.54) is 5.56 Å². The van der Waals surface area contributed by atoms with Crippen LogP contribution in [0.3, 0.4) is 0 Å². The minimum atomic E-state index is -0.433. The van der Waals surface area contributed by atoms with E-state index in [-0.39, 0.29) is 12.5 Å². The summed E-state index contributed by atoms with van der Waals surface area (Å²) in [4.78, 5) is 12.0. The first-order valence-corrected chi connectivity index (χ1v) is 7.57. The number of carbonyl (C=O) groups is 1. The molecule has 0 heterocycles. The van der Waals surface area contributed by atoms with Gasteiger partial charge in [-0.3, -0.25) is 4.79 Å². The molecular formula is C16H22ClNO2. The predicted octanol–water partition coefficient (Wildman–Crippen LogP) is 2.94. The van der Waals surface area contributed by atoms with E-state index in [1.54, 1.807) is 0 Å². The SMILES string of the molecule is CC(CO)(NC(=O)CCCc1ccc(Cl)cc1)C1CC1. The fourth-order valence-corrected chi connectivity index (χ4v) is 2.60. The molecular weight excluding hydrogens is 274 g/mol. The number of rotatable bonds is 7. The molecule has 0 bridgehead atoms. The van der Waals surface area contributed by atoms with E-state index in [0.717, 1.165) is 30.7 Å². The second-order valence-corrected chi connectivity index (χ2v) is 6.31. The molecule has 2 rings (SSSR count). The topological polar surface area (TPSA) is 49.3 Å². The number of benzene rings is 1. The van der Waals surface area contributed by atoms with Gasteiger partial charge >= 0.3 is 0 Å². The second kappa shape index (κ2) is 6.59. The quantitative estimate of drug-likeness (QED) is 0.812. The molecule has 0 saturated heterocycles. The summed E-state index contributed by atoms with van der Waals surface area (Å²) in [7, 11) is 0. The van der Waals surface area contributed by atoms with Crippen LogP contribution in [0.2, 0.25) is 5.02 Å². The van der Waals surface area contributed by atoms with Crippen LogP contribution in [0.25, 0.3) is 0 Å². The van der Waals surface area contributed by atoms with Crippen molar-refractivity contribution in [3.63, 3.8) is 0 Å². The summed E-state index contributed by atoms with van der Waals surface area (Å²) >= 11 is 5.83. The lowest BCUT2D eigenvalue weighted by molar-refractivity contribution is -0.123. The van der Waals surface area contributed by atoms with E-state index in [2.05, 4.69) is 5.32 Å². The first kappa shape index (κ1) is 15.3. The average molecular weight is 296 g/mol. The van der Waals surface area contributed by atoms with Crippen molar-refractivity contribution in [2.75, 3.05) is 6.61 Å². The average Bonchev–Trinajstić information content (AvgIpc) is 3.25. The van der Waals surface area contributed by atoms with Gasteiger partial charge in [-0.25, -0.2) is 0 Å². The lowest BCUT2D eigenvalue weighted by Crippen LogP contribution is -2.50. The molecule has 1 fully saturated rings. The lowest BCUT2D eigenvalue weighted by atomic mass is 9.96. The number of nitrogens with one attached hydrogen (secondary N) is 1. The van der Waals surface area contributed by atoms with Crippen molar-refractivity contribution in [3.05, 3.63) is 34.9 Å². The second-order valence-electron chi connectivity index (χ2n) is 5.88. The molecule has 0 aromatic heterocycles. The number of aliphatic hydroxyl groups excluding tert-OH is 1. The van der Waals surface area contributed by atoms with Gasteiger partial charge in [0, 0.05) is 11.4 Å². The molecule has 1 saturated carbocycles. The highest BCUT2D eigenvalue weighted by Gasteiger charge is 2.41. The summed E-state index contributed by atoms with van der Waals surface area (Å²) < 4.78 is 0. The molecule has 0 radical (unpaired) electrons. The summed E-state index contributed by atoms with van der Waals surface area (Å²) in [6, 6.07) is 7.71. The Morgan fingerprint density at radius 3 is 2.60 bits per heavy atom. The van der Waals surface area contributed by atoms with Crippen molar-refractivity contribution in [1.82, 2.24) is 5.32 Å². The van der Waals surface area contributed by atoms with E-state index >= 15 is 0 Å². The predicted molar refractivity (Wildman–Crippen MR) is 80.7 cm³/mol. The maximum absolute atomic E-state index is 12.0. The number of aryl methyl sites for hydroxylation is 1. The molecule has 2 N–H and O–H groups in total. The largest absolute Gasteiger partial charge is 0.394 e. The van der Waals surface area contributed by atoms with E-state index in [4.69, 9.17) is 11.6 Å². The molecule has 1 unspecified atom stereocenters. The number of carbonyl (C=O) groups excluding carboxylic acids is 1. The minimum Gasteiger partial charge on any atom is -0.394 e. The monoisotopic (exact) mass is 295 g/mol. The first-order chi connectivity index (χ1) is 9.53. The Balaban J connectivity index is 1.73. The van der Waals surface area contributed by atoms with Crippen molar-refractivity contribution in [2.45, 2.75) is 44.6 Å². The smallest absolute Gasteiger partial charge is 0.220 e. The van der Waals surface area contributed by atoms with Crippen molar-refractivity contribution in [1.29, 1.82) is 0 Å². The molecule has 3 nitrogen and oxygen atoms in total. The third kappa shape index (κ3) is 4.22. The normalized spacial score (nSPS) is 17.6. The van der Waals surface area contributed by atoms with Gasteiger partial charge in [0.1, 0.15) is 0 Å². The zero-order valence-electron chi connectivity index (χ0n) is 11.9. The summed E-state index contributed by atoms with van der Waals surface area (Å²) in [6.07, 6.45) is 4.36. The van der Waals surface area contributed by atoms with E-state index in [9.17, 15) is 9.90 Å². The van der Waals surface area contributed by atoms with Gasteiger partial charge < -0.3 is 10.4 Å². The Hall–Kier alpha value is -1.06. The highest BCUT2D eigenvalue weighted by molar-refractivity contribution is 6.30. The Kier molecular flexibility index (Phi) is 5.06. The molecule has 1 atom stereocenters. The first-order valence-electron chi connectivity index (χ1n) is 7.20. The van der Waals surface area contributed by atoms with Gasteiger partial charge in [0.2, 0.25) is 5.91 Å². The van der Waals surface area contributed by atoms with Crippen LogP contribution in [0.5, 0.6) is 0 Å². The summed E-state index contributed by atoms with van der Waals surface area (Å²) in [5, 5.41) is 13.2. The number of amides is 1. The van der Waals surface area contributed by atoms with Crippen LogP contribution < -0.4 is 5.32 Å². The molecule has 1 aromatic rings. The molecule has 1 aromatic carbocycles. The molecule has 4 heteroatoms. The third-order valence-corrected chi connectivity index (χ3v) is 4.27. The van der Waals surface area contributed by atoms with Gasteiger partial charge in [0.05, 0.1) is 12.1 Å². The highest BCUT2D eigenvalue weighted by Crippen LogP contribution is 2.39. The fourth-order valence-electron chi connectivity index (χ4n) is 2.48. The van der Waals surface area contributed by atoms with Gasteiger partial charge in [-0.1, -0.05) is 23.7 Å². The molecule has 1 aliphatic carbocycles. The van der Waals surface area contributed by atoms with Gasteiger partial charge in [0.25, 0.3) is 0 Å². The highest BCUT2D eigenvalue weighted by atomic mass is 35.5. The lowest BCUT2D eigenvalue weighted by Gasteiger charge is -2.28. The molecule has 1 aliphatic rings. The summed E-state index contributed by atoms with van der Waals surface area (Å²) in [5.41, 5.74) is 0.756. The van der Waals surface area contributed by atoms with E-state index in [0.29, 0.717) is 12.3 Å². The van der Waals surface area contributed by atoms with Gasteiger partial charge in [0.15, 0.2) is 0 Å². The van der Waals surface area contributed by atoms with Crippen molar-refractivity contribution in [2.24, 2.45) is 5.92 Å². The van der Waals surface area contributed by atoms with Gasteiger partial charge in [-0.05, 0) is 56.2 Å². The zero-order valence-corrected chi connectivity index (χ0v) is 12.6. The third-order valence-electron chi connectivity index (χ3n) is 4.01. The fraction of sp³-hybridized carbons (Fsp3) is 0.562. The van der Waals surface area contributed by atoms with Crippen molar-refractivity contribution in [3.8, 4) is 0 Å². The Morgan fingerprint density at radius 2 is 2.05 bits per heavy atom. The molecule has 110 valence electrons. The van der Waals surface area contributed by atoms with Gasteiger partial charge in [-0.2, -0.15) is 0 Å². The van der Waals surface area contributed by atoms with Crippen LogP contribution in [-0.2, 0) is 11.2 Å². The zero-order chi connectivity index (χ0) is 14.6. The van der Waals surface area contributed by atoms with E-state index in [1.807, 2.05) is 31.2 Å². The van der Waals surface area contributed by atoms with Crippen molar-refractivity contribution >= 4 is 17.5 Å². The van der Waals surface area contributed by atoms with Crippen LogP contribution in [0.4, 0.5) is 0 Å². The molecule has 0 spiro atoms. The summed E-state index contributed by atoms with van der Waals surface area (Å²) in [5.74, 6) is 0.468. The standard InChI is InChI=1S/C16H22ClNO2/c1-16(11-19,13-7-8-13)18-15(20)4-2-3-12-5-9-14(17)10-6-12/h5-6,9-10,13,19H,2-4,7-8,11H2,1H3,(H,18,20). The number of hydrogen-bond acceptors (Lipinski definition) is 2. The van der Waals surface area contributed by atoms with E-state index < -0.39 is 5.54 Å². The van der Waals surface area contributed by atoms with Crippen LogP contribution >= 0.6 is 11.6 Å². The Bertz CT molecular complexity index is 456. The molecule has 0 aliphatic heterocycles. The maximum atomic E-state index is 12.0. The molecule has 1 amide bonds. The van der Waals surface area contributed by atoms with Crippen molar-refractivity contribution < 1.29 is 9.90 Å². The van der Waals surface area contributed by atoms with Gasteiger partial charge in [-0.15, -0.1) is 0 Å². The van der Waals surface area contributed by atoms with Crippen LogP contribution in [0.1, 0.15) is 38.2 Å². The summed E-state index contributed by atoms with van der Waals surface area (Å²) in [6.45, 7) is 1.95. The minimum absolute atomic E-state index is 0.0145. The van der Waals surface area contributed by atoms with Crippen LogP contribution in [0, 0.1) is 5.92 Å². The Labute approximate surface area is 125 Å². The number of halogens is 1.